The zero-order valence-electron chi connectivity index (χ0n) is 23.3. The van der Waals surface area contributed by atoms with Crippen molar-refractivity contribution in [3.8, 4) is 0 Å². The molecule has 0 aromatic carbocycles. The second kappa shape index (κ2) is 7.24. The van der Waals surface area contributed by atoms with Crippen molar-refractivity contribution in [3.63, 3.8) is 0 Å². The van der Waals surface area contributed by atoms with E-state index in [4.69, 9.17) is 4.43 Å². The van der Waals surface area contributed by atoms with E-state index in [1.165, 1.54) is 6.42 Å². The second-order valence-corrected chi connectivity index (χ2v) is 20.7. The first-order chi connectivity index (χ1) is 16.1. The van der Waals surface area contributed by atoms with Crippen molar-refractivity contribution < 1.29 is 19.4 Å². The van der Waals surface area contributed by atoms with Crippen molar-refractivity contribution in [3.05, 3.63) is 0 Å². The molecule has 5 heteroatoms. The number of Topliss-reactive ketones (excluding diaryl/α,β-unsaturated/α-hetero) is 1. The summed E-state index contributed by atoms with van der Waals surface area (Å²) in [5, 5.41) is 24.5. The largest absolute Gasteiger partial charge is 0.417 e. The number of hydrogen-bond acceptors (Lipinski definition) is 4. The molecule has 6 fully saturated rings. The number of carbonyl (C=O) groups is 1. The van der Waals surface area contributed by atoms with Crippen LogP contribution >= 0.6 is 0 Å². The highest BCUT2D eigenvalue weighted by Crippen LogP contribution is 2.82. The van der Waals surface area contributed by atoms with E-state index in [1.807, 2.05) is 0 Å². The Hall–Kier alpha value is -0.233. The van der Waals surface area contributed by atoms with Gasteiger partial charge in [0, 0.05) is 24.9 Å². The summed E-state index contributed by atoms with van der Waals surface area (Å²) < 4.78 is 6.49. The molecular formula is C30H50O4Si. The van der Waals surface area contributed by atoms with Gasteiger partial charge in [0.2, 0.25) is 0 Å². The van der Waals surface area contributed by atoms with Gasteiger partial charge in [-0.15, -0.1) is 0 Å². The molecule has 0 aromatic rings. The normalized spacial score (nSPS) is 54.3. The topological polar surface area (TPSA) is 66.8 Å². The van der Waals surface area contributed by atoms with Gasteiger partial charge in [0.15, 0.2) is 8.32 Å². The molecule has 11 atom stereocenters. The first-order valence-corrected chi connectivity index (χ1v) is 17.6. The Morgan fingerprint density at radius 2 is 1.69 bits per heavy atom. The fourth-order valence-corrected chi connectivity index (χ4v) is 11.5. The summed E-state index contributed by atoms with van der Waals surface area (Å²) in [5.41, 5.74) is -1.48. The minimum absolute atomic E-state index is 0.0117. The van der Waals surface area contributed by atoms with Crippen molar-refractivity contribution in [2.24, 2.45) is 52.3 Å². The van der Waals surface area contributed by atoms with Crippen LogP contribution in [0.25, 0.3) is 0 Å². The van der Waals surface area contributed by atoms with Crippen molar-refractivity contribution in [1.82, 2.24) is 0 Å². The van der Waals surface area contributed by atoms with E-state index < -0.39 is 19.5 Å². The van der Waals surface area contributed by atoms with E-state index in [9.17, 15) is 15.0 Å². The highest BCUT2D eigenvalue weighted by Gasteiger charge is 2.81. The average molecular weight is 503 g/mol. The zero-order chi connectivity index (χ0) is 25.4. The molecule has 6 rings (SSSR count). The number of ketones is 1. The van der Waals surface area contributed by atoms with Gasteiger partial charge in [0.25, 0.3) is 0 Å². The van der Waals surface area contributed by atoms with Crippen LogP contribution in [0.1, 0.15) is 92.4 Å². The minimum atomic E-state index is -1.76. The molecule has 6 aliphatic rings. The lowest BCUT2D eigenvalue weighted by atomic mass is 9.42. The van der Waals surface area contributed by atoms with Gasteiger partial charge in [-0.25, -0.2) is 0 Å². The van der Waals surface area contributed by atoms with Gasteiger partial charge in [-0.2, -0.15) is 0 Å². The lowest BCUT2D eigenvalue weighted by Gasteiger charge is -2.64. The molecule has 6 saturated carbocycles. The summed E-state index contributed by atoms with van der Waals surface area (Å²) in [4.78, 5) is 12.4. The predicted octanol–water partition coefficient (Wildman–Crippen LogP) is 5.96. The van der Waals surface area contributed by atoms with Gasteiger partial charge in [-0.05, 0) is 110 Å². The molecule has 0 radical (unpaired) electrons. The third-order valence-corrected chi connectivity index (χ3v) is 18.1. The Morgan fingerprint density at radius 3 is 2.37 bits per heavy atom. The smallest absolute Gasteiger partial charge is 0.191 e. The number of rotatable bonds is 5. The predicted molar refractivity (Wildman–Crippen MR) is 140 cm³/mol. The molecular weight excluding hydrogens is 452 g/mol. The lowest BCUT2D eigenvalue weighted by molar-refractivity contribution is -0.223. The lowest BCUT2D eigenvalue weighted by Crippen LogP contribution is -2.65. The first-order valence-electron chi connectivity index (χ1n) is 14.7. The summed E-state index contributed by atoms with van der Waals surface area (Å²) in [6, 6.07) is 0. The van der Waals surface area contributed by atoms with Gasteiger partial charge >= 0.3 is 0 Å². The quantitative estimate of drug-likeness (QED) is 0.360. The number of hydrogen-bond donors (Lipinski definition) is 2. The maximum Gasteiger partial charge on any atom is 0.191 e. The Labute approximate surface area is 214 Å². The fraction of sp³-hybridized carbons (Fsp3) is 0.967. The van der Waals surface area contributed by atoms with E-state index in [-0.39, 0.29) is 21.7 Å². The Kier molecular flexibility index (Phi) is 5.18. The number of carbonyl (C=O) groups excluding carboxylic acids is 1. The molecule has 6 aliphatic carbocycles. The molecule has 0 spiro atoms. The van der Waals surface area contributed by atoms with E-state index in [0.717, 1.165) is 45.1 Å². The monoisotopic (exact) mass is 502 g/mol. The SMILES string of the molecule is CC(C)(C)[Si](C)(C)OCCC[C@]1(O)[C@H]2CC2C2C3C(CC[C@@]21C)[C@@]1(C)CCC(=O)C[C@@]1(O)[C@@H]1C[C@H]31. The van der Waals surface area contributed by atoms with Crippen LogP contribution in [0.5, 0.6) is 0 Å². The summed E-state index contributed by atoms with van der Waals surface area (Å²) in [6.45, 7) is 17.1. The Bertz CT molecular complexity index is 926. The fourth-order valence-electron chi connectivity index (χ4n) is 10.5. The average Bonchev–Trinajstić information content (AvgIpc) is 3.65. The molecule has 2 N–H and O–H groups in total. The van der Waals surface area contributed by atoms with Crippen molar-refractivity contribution in [2.45, 2.75) is 122 Å². The maximum absolute atomic E-state index is 12.4. The van der Waals surface area contributed by atoms with Gasteiger partial charge in [-0.1, -0.05) is 34.6 Å². The third-order valence-electron chi connectivity index (χ3n) is 13.6. The van der Waals surface area contributed by atoms with Gasteiger partial charge < -0.3 is 14.6 Å². The molecule has 35 heavy (non-hydrogen) atoms. The zero-order valence-corrected chi connectivity index (χ0v) is 24.3. The summed E-state index contributed by atoms with van der Waals surface area (Å²) in [5.74, 6) is 4.00. The number of fused-ring (bicyclic) bond motifs is 10. The molecule has 0 aliphatic heterocycles. The molecule has 198 valence electrons. The van der Waals surface area contributed by atoms with Crippen molar-refractivity contribution in [1.29, 1.82) is 0 Å². The maximum atomic E-state index is 12.4. The Morgan fingerprint density at radius 1 is 1.00 bits per heavy atom. The standard InChI is InChI=1S/C30H50O4Si/c1-26(2,3)35(6,7)34-14-8-11-29(32)23-16-20(23)25-24-19-15-22(19)30(33)17-18(31)9-12-27(30,4)21(24)10-13-28(25,29)5/h19-25,32-33H,8-17H2,1-7H3/t19-,20?,21?,22+,23-,24?,25?,27+,28-,29-,30+/m0/s1. The second-order valence-electron chi connectivity index (χ2n) is 15.9. The molecule has 0 saturated heterocycles. The van der Waals surface area contributed by atoms with E-state index >= 15 is 0 Å². The van der Waals surface area contributed by atoms with Crippen LogP contribution in [0.4, 0.5) is 0 Å². The van der Waals surface area contributed by atoms with Crippen LogP contribution in [-0.2, 0) is 9.22 Å². The van der Waals surface area contributed by atoms with Crippen LogP contribution in [0.15, 0.2) is 0 Å². The van der Waals surface area contributed by atoms with Crippen LogP contribution in [-0.4, -0.2) is 42.1 Å². The van der Waals surface area contributed by atoms with Crippen LogP contribution < -0.4 is 0 Å². The first kappa shape index (κ1) is 25.1. The molecule has 4 nitrogen and oxygen atoms in total. The summed E-state index contributed by atoms with van der Waals surface area (Å²) >= 11 is 0. The molecule has 0 bridgehead atoms. The molecule has 4 unspecified atom stereocenters. The van der Waals surface area contributed by atoms with Crippen molar-refractivity contribution in [2.75, 3.05) is 6.61 Å². The van der Waals surface area contributed by atoms with E-state index in [0.29, 0.717) is 54.3 Å². The van der Waals surface area contributed by atoms with Crippen molar-refractivity contribution >= 4 is 14.1 Å². The van der Waals surface area contributed by atoms with E-state index in [1.54, 1.807) is 0 Å². The van der Waals surface area contributed by atoms with Crippen LogP contribution in [0.2, 0.25) is 18.1 Å². The Balaban J connectivity index is 1.22. The highest BCUT2D eigenvalue weighted by molar-refractivity contribution is 6.74. The van der Waals surface area contributed by atoms with Gasteiger partial charge in [0.05, 0.1) is 11.2 Å². The van der Waals surface area contributed by atoms with Crippen LogP contribution in [0.3, 0.4) is 0 Å². The minimum Gasteiger partial charge on any atom is -0.417 e. The third kappa shape index (κ3) is 3.10. The van der Waals surface area contributed by atoms with E-state index in [2.05, 4.69) is 47.7 Å². The molecule has 0 amide bonds. The molecule has 0 aromatic heterocycles. The number of aliphatic hydroxyl groups is 2. The summed E-state index contributed by atoms with van der Waals surface area (Å²) in [6.07, 6.45) is 8.19. The molecule has 0 heterocycles. The van der Waals surface area contributed by atoms with Gasteiger partial charge in [-0.3, -0.25) is 4.79 Å². The van der Waals surface area contributed by atoms with Crippen LogP contribution in [0, 0.1) is 52.3 Å². The van der Waals surface area contributed by atoms with Gasteiger partial charge in [0.1, 0.15) is 5.78 Å². The highest BCUT2D eigenvalue weighted by atomic mass is 28.4. The summed E-state index contributed by atoms with van der Waals surface area (Å²) in [7, 11) is -1.76.